The predicted octanol–water partition coefficient (Wildman–Crippen LogP) is 3.85. The van der Waals surface area contributed by atoms with Gasteiger partial charge in [0.25, 0.3) is 5.91 Å². The Kier molecular flexibility index (Phi) is 7.81. The number of carbonyl (C=O) groups is 3. The molecule has 0 atom stereocenters. The van der Waals surface area contributed by atoms with Crippen molar-refractivity contribution < 1.29 is 19.1 Å². The van der Waals surface area contributed by atoms with Crippen LogP contribution in [0, 0.1) is 0 Å². The van der Waals surface area contributed by atoms with Crippen LogP contribution in [-0.2, 0) is 19.1 Å². The van der Waals surface area contributed by atoms with Gasteiger partial charge < -0.3 is 15.4 Å². The van der Waals surface area contributed by atoms with Crippen LogP contribution in [-0.4, -0.2) is 40.9 Å². The number of thioether (sulfide) groups is 1. The van der Waals surface area contributed by atoms with Gasteiger partial charge in [0.1, 0.15) is 5.82 Å². The first-order valence-electron chi connectivity index (χ1n) is 8.93. The summed E-state index contributed by atoms with van der Waals surface area (Å²) in [6.45, 7) is -0.417. The van der Waals surface area contributed by atoms with Gasteiger partial charge in [-0.1, -0.05) is 36.4 Å². The normalized spacial score (nSPS) is 10.4. The molecule has 7 nitrogen and oxygen atoms in total. The van der Waals surface area contributed by atoms with Gasteiger partial charge in [0.2, 0.25) is 5.91 Å². The first-order valence-corrected chi connectivity index (χ1v) is 10.9. The van der Waals surface area contributed by atoms with Gasteiger partial charge in [-0.05, 0) is 39.5 Å². The molecule has 9 heteroatoms. The molecule has 0 saturated heterocycles. The third kappa shape index (κ3) is 6.57. The van der Waals surface area contributed by atoms with Gasteiger partial charge in [-0.2, -0.15) is 0 Å². The molecule has 0 unspecified atom stereocenters. The molecule has 0 aliphatic heterocycles. The van der Waals surface area contributed by atoms with Crippen molar-refractivity contribution in [1.82, 2.24) is 4.98 Å². The van der Waals surface area contributed by atoms with Crippen LogP contribution in [0.5, 0.6) is 0 Å². The van der Waals surface area contributed by atoms with E-state index >= 15 is 0 Å². The largest absolute Gasteiger partial charge is 0.455 e. The van der Waals surface area contributed by atoms with E-state index in [-0.39, 0.29) is 17.4 Å². The quantitative estimate of drug-likeness (QED) is 0.468. The number of carbonyl (C=O) groups excluding carboxylic acids is 3. The minimum absolute atomic E-state index is 0.0349. The minimum atomic E-state index is -0.572. The molecule has 1 heterocycles. The van der Waals surface area contributed by atoms with E-state index in [1.807, 2.05) is 42.5 Å². The maximum absolute atomic E-state index is 12.2. The average molecular weight is 488 g/mol. The van der Waals surface area contributed by atoms with Crippen molar-refractivity contribution in [2.45, 2.75) is 0 Å². The molecule has 3 aromatic rings. The van der Waals surface area contributed by atoms with E-state index in [9.17, 15) is 14.4 Å². The van der Waals surface area contributed by atoms with Crippen LogP contribution in [0.2, 0.25) is 0 Å². The van der Waals surface area contributed by atoms with Crippen LogP contribution in [0.4, 0.5) is 11.5 Å². The second kappa shape index (κ2) is 10.7. The molecule has 0 aliphatic rings. The Hall–Kier alpha value is -2.91. The number of ether oxygens (including phenoxy) is 1. The number of fused-ring (bicyclic) bond motifs is 1. The molecule has 3 rings (SSSR count). The number of anilines is 2. The molecule has 0 saturated carbocycles. The zero-order valence-corrected chi connectivity index (χ0v) is 18.2. The Labute approximate surface area is 185 Å². The highest BCUT2D eigenvalue weighted by Crippen LogP contribution is 2.23. The topological polar surface area (TPSA) is 97.4 Å². The van der Waals surface area contributed by atoms with Crippen LogP contribution < -0.4 is 10.6 Å². The van der Waals surface area contributed by atoms with Crippen molar-refractivity contribution >= 4 is 67.8 Å². The van der Waals surface area contributed by atoms with Crippen LogP contribution >= 0.6 is 27.7 Å². The molecule has 2 N–H and O–H groups in total. The van der Waals surface area contributed by atoms with Gasteiger partial charge in [0, 0.05) is 21.7 Å². The number of benzene rings is 2. The molecule has 2 amide bonds. The molecule has 0 aliphatic carbocycles. The van der Waals surface area contributed by atoms with E-state index in [1.54, 1.807) is 18.3 Å². The summed E-state index contributed by atoms with van der Waals surface area (Å²) in [6.07, 6.45) is 1.54. The summed E-state index contributed by atoms with van der Waals surface area (Å²) in [5, 5.41) is 7.35. The lowest BCUT2D eigenvalue weighted by atomic mass is 10.1. The minimum Gasteiger partial charge on any atom is -0.455 e. The zero-order chi connectivity index (χ0) is 21.3. The molecule has 30 heavy (non-hydrogen) atoms. The first kappa shape index (κ1) is 21.8. The van der Waals surface area contributed by atoms with Crippen LogP contribution in [0.25, 0.3) is 10.8 Å². The summed E-state index contributed by atoms with van der Waals surface area (Å²) < 4.78 is 5.70. The number of hydrogen-bond donors (Lipinski definition) is 2. The number of aromatic nitrogens is 1. The third-order valence-corrected chi connectivity index (χ3v) is 5.25. The number of halogens is 1. The Morgan fingerprint density at radius 1 is 0.933 bits per heavy atom. The van der Waals surface area contributed by atoms with Gasteiger partial charge >= 0.3 is 5.97 Å². The summed E-state index contributed by atoms with van der Waals surface area (Å²) in [5.74, 6) is -0.865. The van der Waals surface area contributed by atoms with Gasteiger partial charge in [-0.15, -0.1) is 11.8 Å². The Morgan fingerprint density at radius 3 is 2.53 bits per heavy atom. The van der Waals surface area contributed by atoms with Gasteiger partial charge in [0.05, 0.1) is 11.5 Å². The van der Waals surface area contributed by atoms with Crippen LogP contribution in [0.15, 0.2) is 65.3 Å². The Bertz CT molecular complexity index is 1050. The fourth-order valence-corrected chi connectivity index (χ4v) is 3.41. The predicted molar refractivity (Wildman–Crippen MR) is 121 cm³/mol. The smallest absolute Gasteiger partial charge is 0.316 e. The lowest BCUT2D eigenvalue weighted by Gasteiger charge is -2.09. The number of rotatable bonds is 8. The first-order chi connectivity index (χ1) is 14.5. The highest BCUT2D eigenvalue weighted by molar-refractivity contribution is 9.10. The van der Waals surface area contributed by atoms with E-state index in [0.29, 0.717) is 5.82 Å². The molecule has 0 bridgehead atoms. The summed E-state index contributed by atoms with van der Waals surface area (Å²) in [5.41, 5.74) is 0.722. The second-order valence-electron chi connectivity index (χ2n) is 6.14. The molecular formula is C21H18BrN3O4S. The number of hydrogen-bond acceptors (Lipinski definition) is 6. The Morgan fingerprint density at radius 2 is 1.73 bits per heavy atom. The maximum Gasteiger partial charge on any atom is 0.316 e. The van der Waals surface area contributed by atoms with E-state index in [0.717, 1.165) is 32.7 Å². The SMILES string of the molecule is O=C(COC(=O)CSCC(=O)Nc1cccc2ccccc12)Nc1ccc(Br)cn1. The fraction of sp³-hybridized carbons (Fsp3) is 0.143. The van der Waals surface area contributed by atoms with Gasteiger partial charge in [0.15, 0.2) is 6.61 Å². The highest BCUT2D eigenvalue weighted by atomic mass is 79.9. The third-order valence-electron chi connectivity index (χ3n) is 3.88. The number of nitrogens with one attached hydrogen (secondary N) is 2. The van der Waals surface area contributed by atoms with Gasteiger partial charge in [-0.3, -0.25) is 14.4 Å². The van der Waals surface area contributed by atoms with Crippen molar-refractivity contribution in [3.8, 4) is 0 Å². The maximum atomic E-state index is 12.2. The second-order valence-corrected chi connectivity index (χ2v) is 8.04. The van der Waals surface area contributed by atoms with Crippen molar-refractivity contribution in [1.29, 1.82) is 0 Å². The lowest BCUT2D eigenvalue weighted by molar-refractivity contribution is -0.144. The number of esters is 1. The van der Waals surface area contributed by atoms with Crippen LogP contribution in [0.3, 0.4) is 0 Å². The average Bonchev–Trinajstić information content (AvgIpc) is 2.74. The molecule has 0 fully saturated rings. The summed E-state index contributed by atoms with van der Waals surface area (Å²) in [7, 11) is 0. The number of pyridine rings is 1. The van der Waals surface area contributed by atoms with E-state index in [1.165, 1.54) is 0 Å². The molecule has 1 aromatic heterocycles. The van der Waals surface area contributed by atoms with Crippen LogP contribution in [0.1, 0.15) is 0 Å². The summed E-state index contributed by atoms with van der Waals surface area (Å²) in [4.78, 5) is 39.7. The summed E-state index contributed by atoms with van der Waals surface area (Å²) in [6, 6.07) is 16.8. The van der Waals surface area contributed by atoms with Crippen molar-refractivity contribution in [3.63, 3.8) is 0 Å². The van der Waals surface area contributed by atoms with Gasteiger partial charge in [-0.25, -0.2) is 4.98 Å². The molecular weight excluding hydrogens is 470 g/mol. The fourth-order valence-electron chi connectivity index (χ4n) is 2.56. The van der Waals surface area contributed by atoms with Crippen molar-refractivity contribution in [3.05, 3.63) is 65.3 Å². The van der Waals surface area contributed by atoms with E-state index < -0.39 is 18.5 Å². The lowest BCUT2D eigenvalue weighted by Crippen LogP contribution is -2.22. The monoisotopic (exact) mass is 487 g/mol. The standard InChI is InChI=1S/C21H18BrN3O4S/c22-15-8-9-18(23-10-15)25-19(26)11-29-21(28)13-30-12-20(27)24-17-7-3-5-14-4-1-2-6-16(14)17/h1-10H,11-13H2,(H,24,27)(H,23,25,26). The Balaban J connectivity index is 1.37. The van der Waals surface area contributed by atoms with E-state index in [4.69, 9.17) is 4.74 Å². The zero-order valence-electron chi connectivity index (χ0n) is 15.8. The molecule has 154 valence electrons. The van der Waals surface area contributed by atoms with Crippen molar-refractivity contribution in [2.75, 3.05) is 28.7 Å². The molecule has 0 spiro atoms. The van der Waals surface area contributed by atoms with Crippen molar-refractivity contribution in [2.24, 2.45) is 0 Å². The number of amides is 2. The molecule has 0 radical (unpaired) electrons. The van der Waals surface area contributed by atoms with E-state index in [2.05, 4.69) is 31.5 Å². The molecule has 2 aromatic carbocycles. The summed E-state index contributed by atoms with van der Waals surface area (Å²) >= 11 is 4.36. The highest BCUT2D eigenvalue weighted by Gasteiger charge is 2.11. The number of nitrogens with zero attached hydrogens (tertiary/aromatic N) is 1.